The van der Waals surface area contributed by atoms with Crippen LogP contribution < -0.4 is 0 Å². The first-order valence-corrected chi connectivity index (χ1v) is 8.29. The third-order valence-electron chi connectivity index (χ3n) is 3.09. The van der Waals surface area contributed by atoms with Crippen molar-refractivity contribution in [3.05, 3.63) is 10.4 Å². The van der Waals surface area contributed by atoms with Crippen LogP contribution in [0, 0.1) is 0 Å². The Labute approximate surface area is 142 Å². The summed E-state index contributed by atoms with van der Waals surface area (Å²) in [6, 6.07) is -0.910. The Morgan fingerprint density at radius 2 is 1.71 bits per heavy atom. The predicted molar refractivity (Wildman–Crippen MR) is 82.9 cm³/mol. The molecule has 0 saturated carbocycles. The molecule has 10 nitrogen and oxygen atoms in total. The second-order valence-electron chi connectivity index (χ2n) is 4.92. The van der Waals surface area contributed by atoms with Gasteiger partial charge in [-0.2, -0.15) is 0 Å². The number of thioether (sulfide) groups is 1. The third-order valence-corrected chi connectivity index (χ3v) is 3.94. The van der Waals surface area contributed by atoms with Crippen molar-refractivity contribution in [3.8, 4) is 0 Å². The number of ether oxygens (including phenoxy) is 4. The minimum atomic E-state index is -1.08. The summed E-state index contributed by atoms with van der Waals surface area (Å²) >= 11 is 1.22. The zero-order chi connectivity index (χ0) is 18.3. The van der Waals surface area contributed by atoms with E-state index in [1.165, 1.54) is 32.5 Å². The third kappa shape index (κ3) is 5.59. The topological polar surface area (TPSA) is 137 Å². The summed E-state index contributed by atoms with van der Waals surface area (Å²) in [6.45, 7) is 3.38. The first-order valence-electron chi connectivity index (χ1n) is 7.00. The van der Waals surface area contributed by atoms with Crippen LogP contribution in [0.15, 0.2) is 5.11 Å². The van der Waals surface area contributed by atoms with E-state index in [4.69, 9.17) is 24.5 Å². The van der Waals surface area contributed by atoms with Crippen LogP contribution in [0.5, 0.6) is 0 Å². The van der Waals surface area contributed by atoms with Gasteiger partial charge in [-0.25, -0.2) is 0 Å². The van der Waals surface area contributed by atoms with Crippen molar-refractivity contribution in [2.45, 2.75) is 50.6 Å². The SMILES string of the molecule is CS[C@@H]1OC(COC(C)=O)[C@@H](OC(C)=O)[C@H](OC(C)=O)C1N=[N+]=[N-]. The summed E-state index contributed by atoms with van der Waals surface area (Å²) in [5.74, 6) is -1.82. The van der Waals surface area contributed by atoms with Gasteiger partial charge in [-0.05, 0) is 11.8 Å². The van der Waals surface area contributed by atoms with Gasteiger partial charge in [0.05, 0.1) is 0 Å². The second kappa shape index (κ2) is 9.36. The Bertz CT molecular complexity index is 538. The normalized spacial score (nSPS) is 29.1. The zero-order valence-corrected chi connectivity index (χ0v) is 14.5. The lowest BCUT2D eigenvalue weighted by molar-refractivity contribution is -0.208. The summed E-state index contributed by atoms with van der Waals surface area (Å²) in [6.07, 6.45) is -1.30. The average Bonchev–Trinajstić information content (AvgIpc) is 2.48. The Hall–Kier alpha value is -1.97. The molecule has 134 valence electrons. The van der Waals surface area contributed by atoms with E-state index in [2.05, 4.69) is 10.0 Å². The van der Waals surface area contributed by atoms with E-state index in [9.17, 15) is 14.4 Å². The van der Waals surface area contributed by atoms with E-state index < -0.39 is 47.7 Å². The molecule has 0 aromatic heterocycles. The highest BCUT2D eigenvalue weighted by Gasteiger charge is 2.49. The predicted octanol–water partition coefficient (Wildman–Crippen LogP) is 1.18. The van der Waals surface area contributed by atoms with Gasteiger partial charge in [-0.3, -0.25) is 14.4 Å². The van der Waals surface area contributed by atoms with Gasteiger partial charge in [0.1, 0.15) is 24.2 Å². The molecule has 24 heavy (non-hydrogen) atoms. The molecular formula is C13H19N3O7S. The molecular weight excluding hydrogens is 342 g/mol. The zero-order valence-electron chi connectivity index (χ0n) is 13.7. The molecule has 1 aliphatic heterocycles. The summed E-state index contributed by atoms with van der Waals surface area (Å²) < 4.78 is 21.1. The molecule has 0 radical (unpaired) electrons. The van der Waals surface area contributed by atoms with Crippen LogP contribution >= 0.6 is 11.8 Å². The number of esters is 3. The van der Waals surface area contributed by atoms with E-state index in [-0.39, 0.29) is 6.61 Å². The standard InChI is InChI=1S/C13H19N3O7S/c1-6(17)20-5-9-11(21-7(2)18)12(22-8(3)19)10(15-16-14)13(23-9)24-4/h9-13H,5H2,1-4H3/t9?,10?,11-,12-,13+/m1/s1. The Morgan fingerprint density at radius 3 is 2.17 bits per heavy atom. The Kier molecular flexibility index (Phi) is 7.83. The average molecular weight is 361 g/mol. The monoisotopic (exact) mass is 361 g/mol. The number of azide groups is 1. The molecule has 2 unspecified atom stereocenters. The molecule has 0 amide bonds. The first kappa shape index (κ1) is 20.1. The van der Waals surface area contributed by atoms with Crippen molar-refractivity contribution in [3.63, 3.8) is 0 Å². The van der Waals surface area contributed by atoms with E-state index in [0.717, 1.165) is 0 Å². The van der Waals surface area contributed by atoms with Crippen molar-refractivity contribution in [1.82, 2.24) is 0 Å². The fourth-order valence-electron chi connectivity index (χ4n) is 2.26. The molecule has 1 saturated heterocycles. The largest absolute Gasteiger partial charge is 0.463 e. The van der Waals surface area contributed by atoms with Gasteiger partial charge in [-0.1, -0.05) is 5.11 Å². The summed E-state index contributed by atoms with van der Waals surface area (Å²) in [5.41, 5.74) is 8.10. The number of carbonyl (C=O) groups is 3. The van der Waals surface area contributed by atoms with Crippen LogP contribution in [0.1, 0.15) is 20.8 Å². The molecule has 1 heterocycles. The first-order chi connectivity index (χ1) is 11.3. The lowest BCUT2D eigenvalue weighted by atomic mass is 9.98. The van der Waals surface area contributed by atoms with Crippen molar-refractivity contribution < 1.29 is 33.3 Å². The van der Waals surface area contributed by atoms with E-state index >= 15 is 0 Å². The van der Waals surface area contributed by atoms with Crippen LogP contribution in [0.2, 0.25) is 0 Å². The van der Waals surface area contributed by atoms with Crippen molar-refractivity contribution in [2.75, 3.05) is 12.9 Å². The minimum Gasteiger partial charge on any atom is -0.463 e. The van der Waals surface area contributed by atoms with E-state index in [0.29, 0.717) is 0 Å². The van der Waals surface area contributed by atoms with Crippen molar-refractivity contribution in [1.29, 1.82) is 0 Å². The second-order valence-corrected chi connectivity index (χ2v) is 5.86. The van der Waals surface area contributed by atoms with Gasteiger partial charge in [-0.15, -0.1) is 11.8 Å². The molecule has 5 atom stereocenters. The van der Waals surface area contributed by atoms with Crippen molar-refractivity contribution in [2.24, 2.45) is 5.11 Å². The summed E-state index contributed by atoms with van der Waals surface area (Å²) in [5, 5.41) is 3.62. The Balaban J connectivity index is 3.18. The van der Waals surface area contributed by atoms with Crippen LogP contribution in [0.3, 0.4) is 0 Å². The number of hydrogen-bond donors (Lipinski definition) is 0. The molecule has 1 rings (SSSR count). The maximum atomic E-state index is 11.4. The molecule has 11 heteroatoms. The number of hydrogen-bond acceptors (Lipinski definition) is 9. The molecule has 0 aliphatic carbocycles. The van der Waals surface area contributed by atoms with Gasteiger partial charge < -0.3 is 18.9 Å². The van der Waals surface area contributed by atoms with Gasteiger partial charge in [0, 0.05) is 25.7 Å². The minimum absolute atomic E-state index is 0.203. The van der Waals surface area contributed by atoms with Gasteiger partial charge in [0.15, 0.2) is 12.2 Å². The number of carbonyl (C=O) groups excluding carboxylic acids is 3. The number of rotatable bonds is 6. The van der Waals surface area contributed by atoms with E-state index in [1.54, 1.807) is 6.26 Å². The maximum absolute atomic E-state index is 11.4. The quantitative estimate of drug-likeness (QED) is 0.226. The molecule has 1 aliphatic rings. The van der Waals surface area contributed by atoms with Crippen LogP contribution in [0.4, 0.5) is 0 Å². The molecule has 0 bridgehead atoms. The molecule has 0 aromatic carbocycles. The fourth-order valence-corrected chi connectivity index (χ4v) is 3.00. The summed E-state index contributed by atoms with van der Waals surface area (Å²) in [4.78, 5) is 36.6. The maximum Gasteiger partial charge on any atom is 0.303 e. The lowest BCUT2D eigenvalue weighted by Gasteiger charge is -2.43. The highest BCUT2D eigenvalue weighted by atomic mass is 32.2. The molecule has 0 aromatic rings. The van der Waals surface area contributed by atoms with E-state index in [1.807, 2.05) is 0 Å². The van der Waals surface area contributed by atoms with Crippen LogP contribution in [-0.4, -0.2) is 60.6 Å². The highest BCUT2D eigenvalue weighted by Crippen LogP contribution is 2.33. The van der Waals surface area contributed by atoms with Gasteiger partial charge in [0.2, 0.25) is 0 Å². The highest BCUT2D eigenvalue weighted by molar-refractivity contribution is 7.99. The van der Waals surface area contributed by atoms with Crippen molar-refractivity contribution >= 4 is 29.7 Å². The molecule has 0 N–H and O–H groups in total. The molecule has 0 spiro atoms. The lowest BCUT2D eigenvalue weighted by Crippen LogP contribution is -2.59. The van der Waals surface area contributed by atoms with Gasteiger partial charge >= 0.3 is 17.9 Å². The molecule has 1 fully saturated rings. The van der Waals surface area contributed by atoms with Crippen LogP contribution in [-0.2, 0) is 33.3 Å². The van der Waals surface area contributed by atoms with Crippen LogP contribution in [0.25, 0.3) is 10.4 Å². The number of nitrogens with zero attached hydrogens (tertiary/aromatic N) is 3. The Morgan fingerprint density at radius 1 is 1.12 bits per heavy atom. The van der Waals surface area contributed by atoms with Gasteiger partial charge in [0.25, 0.3) is 0 Å². The fraction of sp³-hybridized carbons (Fsp3) is 0.769. The smallest absolute Gasteiger partial charge is 0.303 e. The summed E-state index contributed by atoms with van der Waals surface area (Å²) in [7, 11) is 0.